The van der Waals surface area contributed by atoms with Crippen LogP contribution in [0.25, 0.3) is 111 Å². The SMILES string of the molecule is c1ccc(-c2nc(-c3ccccc3)nc(-c3cc(-n4c5ccccc5c5ccccc54)cc4c3-c3ccccc3-c3cccc5c6ccccc6n-4c35)n2)cc1. The topological polar surface area (TPSA) is 48.5 Å². The van der Waals surface area contributed by atoms with Gasteiger partial charge < -0.3 is 9.13 Å². The van der Waals surface area contributed by atoms with Crippen LogP contribution in [0.2, 0.25) is 0 Å². The summed E-state index contributed by atoms with van der Waals surface area (Å²) in [5, 5.41) is 4.86. The first-order chi connectivity index (χ1) is 27.8. The van der Waals surface area contributed by atoms with Crippen LogP contribution in [-0.4, -0.2) is 24.1 Å². The van der Waals surface area contributed by atoms with Crippen LogP contribution in [-0.2, 0) is 0 Å². The Morgan fingerprint density at radius 2 is 0.786 bits per heavy atom. The van der Waals surface area contributed by atoms with Crippen LogP contribution in [0.4, 0.5) is 0 Å². The first-order valence-corrected chi connectivity index (χ1v) is 19.0. The average Bonchev–Trinajstić information content (AvgIpc) is 3.75. The highest BCUT2D eigenvalue weighted by Gasteiger charge is 2.29. The van der Waals surface area contributed by atoms with Crippen LogP contribution < -0.4 is 0 Å². The fraction of sp³-hybridized carbons (Fsp3) is 0. The lowest BCUT2D eigenvalue weighted by molar-refractivity contribution is 1.07. The minimum absolute atomic E-state index is 0.616. The van der Waals surface area contributed by atoms with Crippen LogP contribution in [0, 0.1) is 0 Å². The van der Waals surface area contributed by atoms with Crippen LogP contribution in [0.3, 0.4) is 0 Å². The van der Waals surface area contributed by atoms with Crippen molar-refractivity contribution in [1.82, 2.24) is 24.1 Å². The van der Waals surface area contributed by atoms with Gasteiger partial charge >= 0.3 is 0 Å². The van der Waals surface area contributed by atoms with Crippen LogP contribution >= 0.6 is 0 Å². The summed E-state index contributed by atoms with van der Waals surface area (Å²) < 4.78 is 4.88. The smallest absolute Gasteiger partial charge is 0.164 e. The zero-order valence-electron chi connectivity index (χ0n) is 30.1. The lowest BCUT2D eigenvalue weighted by Crippen LogP contribution is -2.05. The molecule has 11 aromatic rings. The van der Waals surface area contributed by atoms with E-state index in [4.69, 9.17) is 15.0 Å². The maximum absolute atomic E-state index is 5.37. The highest BCUT2D eigenvalue weighted by Crippen LogP contribution is 2.50. The molecule has 12 rings (SSSR count). The van der Waals surface area contributed by atoms with Crippen molar-refractivity contribution < 1.29 is 0 Å². The third kappa shape index (κ3) is 4.46. The van der Waals surface area contributed by atoms with E-state index in [9.17, 15) is 0 Å². The molecule has 260 valence electrons. The van der Waals surface area contributed by atoms with E-state index >= 15 is 0 Å². The molecule has 1 aliphatic heterocycles. The van der Waals surface area contributed by atoms with Crippen LogP contribution in [0.1, 0.15) is 0 Å². The van der Waals surface area contributed by atoms with Gasteiger partial charge in [-0.05, 0) is 41.5 Å². The molecular formula is C51H31N5. The molecule has 0 bridgehead atoms. The summed E-state index contributed by atoms with van der Waals surface area (Å²) >= 11 is 0. The fourth-order valence-electron chi connectivity index (χ4n) is 8.93. The lowest BCUT2D eigenvalue weighted by Gasteiger charge is -2.20. The zero-order valence-corrected chi connectivity index (χ0v) is 30.1. The second-order valence-corrected chi connectivity index (χ2v) is 14.4. The van der Waals surface area contributed by atoms with E-state index in [1.54, 1.807) is 0 Å². The Kier molecular flexibility index (Phi) is 6.56. The van der Waals surface area contributed by atoms with Gasteiger partial charge in [-0.3, -0.25) is 0 Å². The molecule has 0 radical (unpaired) electrons. The van der Waals surface area contributed by atoms with Crippen LogP contribution in [0.15, 0.2) is 188 Å². The van der Waals surface area contributed by atoms with E-state index in [1.165, 1.54) is 38.2 Å². The Hall–Kier alpha value is -7.63. The summed E-state index contributed by atoms with van der Waals surface area (Å²) in [6.07, 6.45) is 0. The minimum atomic E-state index is 0.616. The second kappa shape index (κ2) is 11.9. The van der Waals surface area contributed by atoms with E-state index in [0.29, 0.717) is 17.5 Å². The van der Waals surface area contributed by atoms with Gasteiger partial charge in [-0.25, -0.2) is 15.0 Å². The van der Waals surface area contributed by atoms with E-state index in [-0.39, 0.29) is 0 Å². The third-order valence-corrected chi connectivity index (χ3v) is 11.3. The van der Waals surface area contributed by atoms with Crippen molar-refractivity contribution in [2.75, 3.05) is 0 Å². The number of nitrogens with zero attached hydrogens (tertiary/aromatic N) is 5. The van der Waals surface area contributed by atoms with Gasteiger partial charge in [0.25, 0.3) is 0 Å². The summed E-state index contributed by atoms with van der Waals surface area (Å²) in [4.78, 5) is 15.8. The number of benzene rings is 8. The molecule has 0 aliphatic carbocycles. The predicted octanol–water partition coefficient (Wildman–Crippen LogP) is 12.7. The first kappa shape index (κ1) is 30.8. The van der Waals surface area contributed by atoms with Crippen molar-refractivity contribution in [2.24, 2.45) is 0 Å². The Labute approximate surface area is 322 Å². The average molecular weight is 714 g/mol. The van der Waals surface area contributed by atoms with Gasteiger partial charge in [0.1, 0.15) is 0 Å². The van der Waals surface area contributed by atoms with Crippen molar-refractivity contribution in [3.8, 4) is 67.8 Å². The van der Waals surface area contributed by atoms with Gasteiger partial charge in [0, 0.05) is 55.0 Å². The third-order valence-electron chi connectivity index (χ3n) is 11.3. The summed E-state index contributed by atoms with van der Waals surface area (Å²) in [6, 6.07) is 66.8. The van der Waals surface area contributed by atoms with Crippen molar-refractivity contribution in [2.45, 2.75) is 0 Å². The van der Waals surface area contributed by atoms with Crippen LogP contribution in [0.5, 0.6) is 0 Å². The van der Waals surface area contributed by atoms with Crippen molar-refractivity contribution in [3.63, 3.8) is 0 Å². The summed E-state index contributed by atoms with van der Waals surface area (Å²) in [5.74, 6) is 1.87. The molecule has 0 N–H and O–H groups in total. The molecule has 0 atom stereocenters. The van der Waals surface area contributed by atoms with Crippen molar-refractivity contribution in [3.05, 3.63) is 188 Å². The summed E-state index contributed by atoms with van der Waals surface area (Å²) in [5.41, 5.74) is 14.1. The molecule has 0 fully saturated rings. The fourth-order valence-corrected chi connectivity index (χ4v) is 8.93. The molecular weight excluding hydrogens is 683 g/mol. The maximum atomic E-state index is 5.37. The van der Waals surface area contributed by atoms with Gasteiger partial charge in [-0.15, -0.1) is 0 Å². The molecule has 1 aliphatic rings. The number of aromatic nitrogens is 5. The van der Waals surface area contributed by atoms with Gasteiger partial charge in [0.05, 0.1) is 27.8 Å². The Balaban J connectivity index is 1.29. The zero-order chi connectivity index (χ0) is 36.7. The molecule has 3 aromatic heterocycles. The van der Waals surface area contributed by atoms with Crippen molar-refractivity contribution in [1.29, 1.82) is 0 Å². The number of para-hydroxylation sites is 4. The summed E-state index contributed by atoms with van der Waals surface area (Å²) in [6.45, 7) is 0. The van der Waals surface area contributed by atoms with Gasteiger partial charge in [0.2, 0.25) is 0 Å². The molecule has 0 amide bonds. The standard InChI is InChI=1S/C51H31N5/c1-3-16-32(17-4-1)49-52-50(33-18-5-2-6-19-33)54-51(53-49)42-30-34(55-43-27-12-9-21-36(43)37-22-10-13-28-44(37)55)31-46-47(42)39-24-8-7-20-35(39)40-25-15-26-41-38-23-11-14-29-45(38)56(46)48(40)41/h1-31H. The Morgan fingerprint density at radius 1 is 0.321 bits per heavy atom. The van der Waals surface area contributed by atoms with Gasteiger partial charge in [0.15, 0.2) is 17.5 Å². The molecule has 56 heavy (non-hydrogen) atoms. The number of hydrogen-bond acceptors (Lipinski definition) is 3. The maximum Gasteiger partial charge on any atom is 0.164 e. The molecule has 5 heteroatoms. The molecule has 0 spiro atoms. The largest absolute Gasteiger partial charge is 0.309 e. The monoisotopic (exact) mass is 713 g/mol. The molecule has 0 saturated heterocycles. The van der Waals surface area contributed by atoms with E-state index in [1.807, 2.05) is 36.4 Å². The van der Waals surface area contributed by atoms with Crippen molar-refractivity contribution >= 4 is 43.6 Å². The molecule has 8 aromatic carbocycles. The quantitative estimate of drug-likeness (QED) is 0.182. The highest BCUT2D eigenvalue weighted by atomic mass is 15.1. The Morgan fingerprint density at radius 3 is 1.41 bits per heavy atom. The summed E-state index contributed by atoms with van der Waals surface area (Å²) in [7, 11) is 0. The first-order valence-electron chi connectivity index (χ1n) is 19.0. The molecule has 0 saturated carbocycles. The number of fused-ring (bicyclic) bond motifs is 11. The number of rotatable bonds is 4. The van der Waals surface area contributed by atoms with Gasteiger partial charge in [-0.1, -0.05) is 158 Å². The predicted molar refractivity (Wildman–Crippen MR) is 229 cm³/mol. The molecule has 4 heterocycles. The van der Waals surface area contributed by atoms with Gasteiger partial charge in [-0.2, -0.15) is 0 Å². The van der Waals surface area contributed by atoms with E-state index in [2.05, 4.69) is 161 Å². The molecule has 5 nitrogen and oxygen atoms in total. The highest BCUT2D eigenvalue weighted by molar-refractivity contribution is 6.17. The second-order valence-electron chi connectivity index (χ2n) is 14.4. The van der Waals surface area contributed by atoms with E-state index in [0.717, 1.165) is 55.7 Å². The lowest BCUT2D eigenvalue weighted by atomic mass is 9.90. The Bertz CT molecular complexity index is 3250. The minimum Gasteiger partial charge on any atom is -0.309 e. The molecule has 0 unspecified atom stereocenters. The normalized spacial score (nSPS) is 11.9. The van der Waals surface area contributed by atoms with E-state index < -0.39 is 0 Å². The number of hydrogen-bond donors (Lipinski definition) is 0.